The fourth-order valence-corrected chi connectivity index (χ4v) is 2.84. The molecule has 3 nitrogen and oxygen atoms in total. The highest BCUT2D eigenvalue weighted by molar-refractivity contribution is 5.96. The number of carbonyl (C=O) groups excluding carboxylic acids is 1. The average Bonchev–Trinajstić information content (AvgIpc) is 2.55. The Balaban J connectivity index is 1.80. The molecule has 0 aliphatic carbocycles. The van der Waals surface area contributed by atoms with Crippen LogP contribution in [0, 0.1) is 0 Å². The van der Waals surface area contributed by atoms with Crippen LogP contribution in [0.1, 0.15) is 40.0 Å². The van der Waals surface area contributed by atoms with Crippen molar-refractivity contribution in [2.45, 2.75) is 25.9 Å². The molecular weight excluding hydrogens is 260 g/mol. The molecule has 0 bridgehead atoms. The van der Waals surface area contributed by atoms with E-state index in [1.54, 1.807) is 0 Å². The van der Waals surface area contributed by atoms with Crippen LogP contribution in [0.25, 0.3) is 0 Å². The Morgan fingerprint density at radius 3 is 2.76 bits per heavy atom. The van der Waals surface area contributed by atoms with Crippen molar-refractivity contribution in [3.05, 3.63) is 70.8 Å². The van der Waals surface area contributed by atoms with Gasteiger partial charge in [-0.05, 0) is 42.6 Å². The maximum absolute atomic E-state index is 12.6. The summed E-state index contributed by atoms with van der Waals surface area (Å²) >= 11 is 0. The minimum atomic E-state index is 0.0104. The summed E-state index contributed by atoms with van der Waals surface area (Å²) in [5.74, 6) is 0.0186. The largest absolute Gasteiger partial charge is 0.346 e. The zero-order valence-electron chi connectivity index (χ0n) is 12.2. The first-order chi connectivity index (χ1) is 10.3. The molecule has 0 aromatic heterocycles. The quantitative estimate of drug-likeness (QED) is 0.907. The second-order valence-electron chi connectivity index (χ2n) is 5.48. The van der Waals surface area contributed by atoms with Crippen LogP contribution >= 0.6 is 0 Å². The number of rotatable bonds is 3. The van der Waals surface area contributed by atoms with Crippen LogP contribution in [-0.2, 0) is 13.0 Å². The first-order valence-corrected chi connectivity index (χ1v) is 7.43. The number of hydrogen-bond donors (Lipinski definition) is 2. The van der Waals surface area contributed by atoms with Gasteiger partial charge in [0.05, 0.1) is 6.04 Å². The lowest BCUT2D eigenvalue weighted by Crippen LogP contribution is -2.30. The fraction of sp³-hybridized carbons (Fsp3) is 0.278. The molecule has 1 unspecified atom stereocenters. The van der Waals surface area contributed by atoms with E-state index in [-0.39, 0.29) is 11.9 Å². The summed E-state index contributed by atoms with van der Waals surface area (Å²) in [6.07, 6.45) is 0.915. The van der Waals surface area contributed by atoms with E-state index in [1.165, 1.54) is 11.1 Å². The average molecular weight is 280 g/mol. The van der Waals surface area contributed by atoms with E-state index in [1.807, 2.05) is 49.4 Å². The predicted octanol–water partition coefficient (Wildman–Crippen LogP) is 2.82. The highest BCUT2D eigenvalue weighted by Crippen LogP contribution is 2.20. The third-order valence-electron chi connectivity index (χ3n) is 4.03. The van der Waals surface area contributed by atoms with Gasteiger partial charge in [0.1, 0.15) is 0 Å². The smallest absolute Gasteiger partial charge is 0.252 e. The van der Waals surface area contributed by atoms with Gasteiger partial charge in [-0.1, -0.05) is 42.5 Å². The molecule has 0 spiro atoms. The first kappa shape index (κ1) is 13.8. The number of benzene rings is 2. The van der Waals surface area contributed by atoms with E-state index in [0.717, 1.165) is 30.6 Å². The summed E-state index contributed by atoms with van der Waals surface area (Å²) in [6.45, 7) is 3.81. The minimum Gasteiger partial charge on any atom is -0.346 e. The third kappa shape index (κ3) is 2.98. The molecule has 2 aromatic rings. The molecule has 1 atom stereocenters. The lowest BCUT2D eigenvalue weighted by atomic mass is 9.95. The molecule has 1 aliphatic heterocycles. The SMILES string of the molecule is CC(NC(=O)c1cccc2c1CCNC2)c1ccccc1. The van der Waals surface area contributed by atoms with E-state index in [0.29, 0.717) is 0 Å². The van der Waals surface area contributed by atoms with Crippen molar-refractivity contribution in [3.8, 4) is 0 Å². The molecule has 0 fully saturated rings. The van der Waals surface area contributed by atoms with Gasteiger partial charge in [0.2, 0.25) is 0 Å². The van der Waals surface area contributed by atoms with Gasteiger partial charge in [-0.25, -0.2) is 0 Å². The Morgan fingerprint density at radius 1 is 1.14 bits per heavy atom. The summed E-state index contributed by atoms with van der Waals surface area (Å²) in [4.78, 5) is 12.6. The molecule has 2 N–H and O–H groups in total. The fourth-order valence-electron chi connectivity index (χ4n) is 2.84. The third-order valence-corrected chi connectivity index (χ3v) is 4.03. The number of nitrogens with one attached hydrogen (secondary N) is 2. The highest BCUT2D eigenvalue weighted by Gasteiger charge is 2.18. The van der Waals surface area contributed by atoms with Crippen molar-refractivity contribution < 1.29 is 4.79 Å². The zero-order chi connectivity index (χ0) is 14.7. The van der Waals surface area contributed by atoms with Gasteiger partial charge in [-0.15, -0.1) is 0 Å². The predicted molar refractivity (Wildman–Crippen MR) is 84.2 cm³/mol. The lowest BCUT2D eigenvalue weighted by molar-refractivity contribution is 0.0938. The maximum atomic E-state index is 12.6. The normalized spacial score (nSPS) is 15.1. The van der Waals surface area contributed by atoms with Gasteiger partial charge in [0.25, 0.3) is 5.91 Å². The molecule has 2 aromatic carbocycles. The summed E-state index contributed by atoms with van der Waals surface area (Å²) in [7, 11) is 0. The first-order valence-electron chi connectivity index (χ1n) is 7.43. The van der Waals surface area contributed by atoms with Crippen LogP contribution in [0.4, 0.5) is 0 Å². The Hall–Kier alpha value is -2.13. The maximum Gasteiger partial charge on any atom is 0.252 e. The Labute approximate surface area is 125 Å². The monoisotopic (exact) mass is 280 g/mol. The van der Waals surface area contributed by atoms with Crippen molar-refractivity contribution in [1.29, 1.82) is 0 Å². The van der Waals surface area contributed by atoms with Crippen LogP contribution in [0.5, 0.6) is 0 Å². The van der Waals surface area contributed by atoms with E-state index < -0.39 is 0 Å². The molecule has 3 heteroatoms. The van der Waals surface area contributed by atoms with Crippen molar-refractivity contribution >= 4 is 5.91 Å². The van der Waals surface area contributed by atoms with Gasteiger partial charge >= 0.3 is 0 Å². The summed E-state index contributed by atoms with van der Waals surface area (Å²) in [5.41, 5.74) is 4.37. The Morgan fingerprint density at radius 2 is 1.95 bits per heavy atom. The number of hydrogen-bond acceptors (Lipinski definition) is 2. The Bertz CT molecular complexity index is 637. The topological polar surface area (TPSA) is 41.1 Å². The van der Waals surface area contributed by atoms with Crippen LogP contribution in [-0.4, -0.2) is 12.5 Å². The molecule has 3 rings (SSSR count). The van der Waals surface area contributed by atoms with Gasteiger partial charge < -0.3 is 10.6 Å². The summed E-state index contributed by atoms with van der Waals surface area (Å²) in [5, 5.41) is 6.45. The van der Waals surface area contributed by atoms with E-state index in [2.05, 4.69) is 16.7 Å². The molecule has 0 saturated heterocycles. The highest BCUT2D eigenvalue weighted by atomic mass is 16.1. The molecule has 0 radical (unpaired) electrons. The molecule has 21 heavy (non-hydrogen) atoms. The summed E-state index contributed by atoms with van der Waals surface area (Å²) in [6, 6.07) is 16.0. The second kappa shape index (κ2) is 6.10. The molecule has 108 valence electrons. The van der Waals surface area contributed by atoms with E-state index in [4.69, 9.17) is 0 Å². The van der Waals surface area contributed by atoms with Crippen molar-refractivity contribution in [2.24, 2.45) is 0 Å². The molecular formula is C18H20N2O. The van der Waals surface area contributed by atoms with E-state index in [9.17, 15) is 4.79 Å². The van der Waals surface area contributed by atoms with E-state index >= 15 is 0 Å². The Kier molecular flexibility index (Phi) is 4.02. The van der Waals surface area contributed by atoms with Gasteiger partial charge in [0.15, 0.2) is 0 Å². The van der Waals surface area contributed by atoms with Crippen molar-refractivity contribution in [2.75, 3.05) is 6.54 Å². The van der Waals surface area contributed by atoms with Crippen LogP contribution in [0.2, 0.25) is 0 Å². The van der Waals surface area contributed by atoms with Gasteiger partial charge in [0, 0.05) is 12.1 Å². The molecule has 1 amide bonds. The van der Waals surface area contributed by atoms with Crippen molar-refractivity contribution in [1.82, 2.24) is 10.6 Å². The molecule has 1 heterocycles. The number of amides is 1. The van der Waals surface area contributed by atoms with Gasteiger partial charge in [-0.2, -0.15) is 0 Å². The van der Waals surface area contributed by atoms with Crippen LogP contribution in [0.3, 0.4) is 0 Å². The lowest BCUT2D eigenvalue weighted by Gasteiger charge is -2.21. The van der Waals surface area contributed by atoms with Gasteiger partial charge in [-0.3, -0.25) is 4.79 Å². The zero-order valence-corrected chi connectivity index (χ0v) is 12.2. The number of carbonyl (C=O) groups is 1. The molecule has 0 saturated carbocycles. The van der Waals surface area contributed by atoms with Crippen LogP contribution in [0.15, 0.2) is 48.5 Å². The van der Waals surface area contributed by atoms with Crippen molar-refractivity contribution in [3.63, 3.8) is 0 Å². The second-order valence-corrected chi connectivity index (χ2v) is 5.48. The molecule has 1 aliphatic rings. The minimum absolute atomic E-state index is 0.0104. The number of fused-ring (bicyclic) bond motifs is 1. The summed E-state index contributed by atoms with van der Waals surface area (Å²) < 4.78 is 0. The van der Waals surface area contributed by atoms with Crippen LogP contribution < -0.4 is 10.6 Å². The standard InChI is InChI=1S/C18H20N2O/c1-13(14-6-3-2-4-7-14)20-18(21)17-9-5-8-15-12-19-11-10-16(15)17/h2-9,13,19H,10-12H2,1H3,(H,20,21).